The van der Waals surface area contributed by atoms with E-state index in [0.29, 0.717) is 0 Å². The number of benzene rings is 1. The minimum Gasteiger partial charge on any atom is -0.0876 e. The number of rotatable bonds is 1. The quantitative estimate of drug-likeness (QED) is 0.648. The third-order valence-electron chi connectivity index (χ3n) is 2.70. The molecule has 78 valence electrons. The van der Waals surface area contributed by atoms with Crippen molar-refractivity contribution in [2.24, 2.45) is 0 Å². The van der Waals surface area contributed by atoms with Gasteiger partial charge in [-0.15, -0.1) is 0 Å². The van der Waals surface area contributed by atoms with Crippen LogP contribution in [-0.2, 0) is 10.7 Å². The zero-order chi connectivity index (χ0) is 10.9. The summed E-state index contributed by atoms with van der Waals surface area (Å²) in [5.41, 5.74) is 5.90. The zero-order valence-electron chi connectivity index (χ0n) is 9.74. The molecule has 0 aromatic heterocycles. The molecule has 0 bridgehead atoms. The molecule has 0 nitrogen and oxygen atoms in total. The topological polar surface area (TPSA) is 0 Å². The second-order valence-electron chi connectivity index (χ2n) is 4.97. The van der Waals surface area contributed by atoms with E-state index in [-0.39, 0.29) is 5.41 Å². The fourth-order valence-corrected chi connectivity index (χ4v) is 2.52. The monoisotopic (exact) mass is 254 g/mol. The van der Waals surface area contributed by atoms with Gasteiger partial charge in [-0.25, -0.2) is 0 Å². The molecular formula is C13H19Br. The second kappa shape index (κ2) is 4.06. The minimum atomic E-state index is 0.250. The number of halogens is 1. The van der Waals surface area contributed by atoms with Gasteiger partial charge in [0.1, 0.15) is 0 Å². The smallest absolute Gasteiger partial charge is 0.0288 e. The molecule has 0 aliphatic rings. The molecule has 0 spiro atoms. The molecule has 0 N–H and O–H groups in total. The average molecular weight is 255 g/mol. The SMILES string of the molecule is Cc1cc(C(C)(C)C)cc(C)c1CBr. The molecule has 1 heteroatoms. The van der Waals surface area contributed by atoms with Crippen molar-refractivity contribution in [2.45, 2.75) is 45.4 Å². The molecule has 0 aliphatic heterocycles. The summed E-state index contributed by atoms with van der Waals surface area (Å²) in [5.74, 6) is 0. The number of aryl methyl sites for hydroxylation is 2. The van der Waals surface area contributed by atoms with Gasteiger partial charge < -0.3 is 0 Å². The lowest BCUT2D eigenvalue weighted by Crippen LogP contribution is -2.12. The predicted octanol–water partition coefficient (Wildman–Crippen LogP) is 4.50. The van der Waals surface area contributed by atoms with Gasteiger partial charge in [0.05, 0.1) is 0 Å². The van der Waals surface area contributed by atoms with Crippen LogP contribution in [0, 0.1) is 13.8 Å². The molecule has 1 rings (SSSR count). The molecule has 0 amide bonds. The van der Waals surface area contributed by atoms with Crippen molar-refractivity contribution in [3.63, 3.8) is 0 Å². The van der Waals surface area contributed by atoms with E-state index in [1.807, 2.05) is 0 Å². The van der Waals surface area contributed by atoms with Gasteiger partial charge in [-0.2, -0.15) is 0 Å². The zero-order valence-corrected chi connectivity index (χ0v) is 11.3. The van der Waals surface area contributed by atoms with Gasteiger partial charge in [0.15, 0.2) is 0 Å². The van der Waals surface area contributed by atoms with Crippen molar-refractivity contribution < 1.29 is 0 Å². The maximum Gasteiger partial charge on any atom is 0.0288 e. The Morgan fingerprint density at radius 2 is 1.50 bits per heavy atom. The van der Waals surface area contributed by atoms with Crippen molar-refractivity contribution in [2.75, 3.05) is 0 Å². The van der Waals surface area contributed by atoms with Crippen LogP contribution in [0.2, 0.25) is 0 Å². The van der Waals surface area contributed by atoms with Gasteiger partial charge >= 0.3 is 0 Å². The lowest BCUT2D eigenvalue weighted by atomic mass is 9.84. The minimum absolute atomic E-state index is 0.250. The summed E-state index contributed by atoms with van der Waals surface area (Å²) in [4.78, 5) is 0. The van der Waals surface area contributed by atoms with E-state index in [0.717, 1.165) is 5.33 Å². The summed E-state index contributed by atoms with van der Waals surface area (Å²) in [5, 5.41) is 0.953. The molecule has 0 fully saturated rings. The van der Waals surface area contributed by atoms with E-state index in [9.17, 15) is 0 Å². The Kier molecular flexibility index (Phi) is 3.41. The lowest BCUT2D eigenvalue weighted by molar-refractivity contribution is 0.589. The first kappa shape index (κ1) is 11.8. The highest BCUT2D eigenvalue weighted by atomic mass is 79.9. The van der Waals surface area contributed by atoms with Crippen LogP contribution in [0.1, 0.15) is 43.0 Å². The molecule has 0 aliphatic carbocycles. The van der Waals surface area contributed by atoms with Gasteiger partial charge in [-0.3, -0.25) is 0 Å². The standard InChI is InChI=1S/C13H19Br/c1-9-6-11(13(3,4)5)7-10(2)12(9)8-14/h6-7H,8H2,1-5H3. The molecule has 0 atom stereocenters. The highest BCUT2D eigenvalue weighted by Crippen LogP contribution is 2.27. The number of hydrogen-bond acceptors (Lipinski definition) is 0. The van der Waals surface area contributed by atoms with E-state index >= 15 is 0 Å². The van der Waals surface area contributed by atoms with Crippen molar-refractivity contribution in [1.29, 1.82) is 0 Å². The number of alkyl halides is 1. The summed E-state index contributed by atoms with van der Waals surface area (Å²) >= 11 is 3.53. The molecule has 1 aromatic carbocycles. The van der Waals surface area contributed by atoms with Gasteiger partial charge in [0.25, 0.3) is 0 Å². The molecular weight excluding hydrogens is 236 g/mol. The number of hydrogen-bond donors (Lipinski definition) is 0. The largest absolute Gasteiger partial charge is 0.0876 e. The van der Waals surface area contributed by atoms with Crippen LogP contribution in [0.3, 0.4) is 0 Å². The van der Waals surface area contributed by atoms with Crippen LogP contribution < -0.4 is 0 Å². The summed E-state index contributed by atoms with van der Waals surface area (Å²) in [6.45, 7) is 11.2. The molecule has 1 aromatic rings. The first-order chi connectivity index (χ1) is 6.36. The first-order valence-corrected chi connectivity index (χ1v) is 6.15. The van der Waals surface area contributed by atoms with Gasteiger partial charge in [-0.05, 0) is 41.5 Å². The summed E-state index contributed by atoms with van der Waals surface area (Å²) in [6.07, 6.45) is 0. The summed E-state index contributed by atoms with van der Waals surface area (Å²) in [7, 11) is 0. The van der Waals surface area contributed by atoms with E-state index < -0.39 is 0 Å². The lowest BCUT2D eigenvalue weighted by Gasteiger charge is -2.21. The van der Waals surface area contributed by atoms with E-state index in [1.165, 1.54) is 22.3 Å². The average Bonchev–Trinajstić information content (AvgIpc) is 2.01. The molecule has 0 saturated carbocycles. The van der Waals surface area contributed by atoms with Gasteiger partial charge in [0, 0.05) is 5.33 Å². The van der Waals surface area contributed by atoms with Crippen molar-refractivity contribution >= 4 is 15.9 Å². The third kappa shape index (κ3) is 2.38. The van der Waals surface area contributed by atoms with Crippen molar-refractivity contribution in [3.05, 3.63) is 34.4 Å². The first-order valence-electron chi connectivity index (χ1n) is 5.03. The van der Waals surface area contributed by atoms with Crippen LogP contribution in [0.5, 0.6) is 0 Å². The van der Waals surface area contributed by atoms with Crippen molar-refractivity contribution in [1.82, 2.24) is 0 Å². The Bertz CT molecular complexity index is 309. The summed E-state index contributed by atoms with van der Waals surface area (Å²) < 4.78 is 0. The normalized spacial score (nSPS) is 11.9. The Morgan fingerprint density at radius 1 is 1.07 bits per heavy atom. The highest BCUT2D eigenvalue weighted by molar-refractivity contribution is 9.08. The van der Waals surface area contributed by atoms with Crippen LogP contribution >= 0.6 is 15.9 Å². The van der Waals surface area contributed by atoms with Gasteiger partial charge in [0.2, 0.25) is 0 Å². The highest BCUT2D eigenvalue weighted by Gasteiger charge is 2.15. The van der Waals surface area contributed by atoms with Crippen LogP contribution in [0.25, 0.3) is 0 Å². The van der Waals surface area contributed by atoms with Crippen LogP contribution in [-0.4, -0.2) is 0 Å². The Labute approximate surface area is 95.9 Å². The third-order valence-corrected chi connectivity index (χ3v) is 3.26. The fourth-order valence-electron chi connectivity index (χ4n) is 1.64. The molecule has 0 saturated heterocycles. The van der Waals surface area contributed by atoms with E-state index in [4.69, 9.17) is 0 Å². The molecule has 0 radical (unpaired) electrons. The molecule has 0 unspecified atom stereocenters. The fraction of sp³-hybridized carbons (Fsp3) is 0.538. The van der Waals surface area contributed by atoms with Crippen LogP contribution in [0.15, 0.2) is 12.1 Å². The Morgan fingerprint density at radius 3 is 1.79 bits per heavy atom. The van der Waals surface area contributed by atoms with Crippen molar-refractivity contribution in [3.8, 4) is 0 Å². The maximum absolute atomic E-state index is 3.53. The molecule has 14 heavy (non-hydrogen) atoms. The Hall–Kier alpha value is -0.300. The van der Waals surface area contributed by atoms with E-state index in [1.54, 1.807) is 0 Å². The van der Waals surface area contributed by atoms with Crippen LogP contribution in [0.4, 0.5) is 0 Å². The predicted molar refractivity (Wildman–Crippen MR) is 67.2 cm³/mol. The van der Waals surface area contributed by atoms with E-state index in [2.05, 4.69) is 62.7 Å². The Balaban J connectivity index is 3.28. The molecule has 0 heterocycles. The summed E-state index contributed by atoms with van der Waals surface area (Å²) in [6, 6.07) is 4.62. The second-order valence-corrected chi connectivity index (χ2v) is 5.53. The maximum atomic E-state index is 3.53. The van der Waals surface area contributed by atoms with Gasteiger partial charge in [-0.1, -0.05) is 48.8 Å².